The SMILES string of the molecule is C=Cc1cc(-c2cccc(CC)c2)cc(OC)c1OC.CC.CCOc1ccc(C)cc1. The lowest BCUT2D eigenvalue weighted by Crippen LogP contribution is -1.94. The van der Waals surface area contributed by atoms with Crippen molar-refractivity contribution in [3.63, 3.8) is 0 Å². The highest BCUT2D eigenvalue weighted by molar-refractivity contribution is 5.74. The molecule has 0 atom stereocenters. The zero-order valence-corrected chi connectivity index (χ0v) is 20.7. The summed E-state index contributed by atoms with van der Waals surface area (Å²) in [4.78, 5) is 0. The lowest BCUT2D eigenvalue weighted by Gasteiger charge is -2.13. The fourth-order valence-corrected chi connectivity index (χ4v) is 3.08. The molecule has 0 aliphatic heterocycles. The zero-order chi connectivity index (χ0) is 23.9. The van der Waals surface area contributed by atoms with Crippen LogP contribution in [0.5, 0.6) is 17.2 Å². The Bertz CT molecular complexity index is 943. The minimum Gasteiger partial charge on any atom is -0.494 e. The molecule has 0 spiro atoms. The van der Waals surface area contributed by atoms with Crippen molar-refractivity contribution in [1.29, 1.82) is 0 Å². The van der Waals surface area contributed by atoms with Gasteiger partial charge in [0, 0.05) is 5.56 Å². The van der Waals surface area contributed by atoms with Crippen LogP contribution in [0.4, 0.5) is 0 Å². The second-order valence-corrected chi connectivity index (χ2v) is 6.81. The van der Waals surface area contributed by atoms with E-state index in [0.717, 1.165) is 41.4 Å². The van der Waals surface area contributed by atoms with E-state index in [2.05, 4.69) is 50.8 Å². The summed E-state index contributed by atoms with van der Waals surface area (Å²) in [6.45, 7) is 14.8. The average molecular weight is 435 g/mol. The smallest absolute Gasteiger partial charge is 0.167 e. The largest absolute Gasteiger partial charge is 0.494 e. The summed E-state index contributed by atoms with van der Waals surface area (Å²) < 4.78 is 16.1. The van der Waals surface area contributed by atoms with Crippen LogP contribution < -0.4 is 14.2 Å². The first-order chi connectivity index (χ1) is 15.6. The molecule has 32 heavy (non-hydrogen) atoms. The Kier molecular flexibility index (Phi) is 12.4. The van der Waals surface area contributed by atoms with Crippen LogP contribution in [0.25, 0.3) is 17.2 Å². The number of rotatable bonds is 7. The van der Waals surface area contributed by atoms with Crippen molar-refractivity contribution in [2.75, 3.05) is 20.8 Å². The third-order valence-corrected chi connectivity index (χ3v) is 4.73. The molecule has 0 saturated carbocycles. The molecule has 0 saturated heterocycles. The van der Waals surface area contributed by atoms with Crippen molar-refractivity contribution in [2.45, 2.75) is 41.0 Å². The second-order valence-electron chi connectivity index (χ2n) is 6.81. The maximum atomic E-state index is 5.42. The van der Waals surface area contributed by atoms with Crippen molar-refractivity contribution in [3.8, 4) is 28.4 Å². The molecule has 3 aromatic carbocycles. The number of benzene rings is 3. The predicted molar refractivity (Wildman–Crippen MR) is 138 cm³/mol. The number of methoxy groups -OCH3 is 2. The van der Waals surface area contributed by atoms with Gasteiger partial charge in [0.05, 0.1) is 20.8 Å². The summed E-state index contributed by atoms with van der Waals surface area (Å²) in [6, 6.07) is 20.7. The molecule has 3 rings (SSSR count). The Morgan fingerprint density at radius 3 is 2.06 bits per heavy atom. The van der Waals surface area contributed by atoms with Gasteiger partial charge in [-0.3, -0.25) is 0 Å². The molecule has 0 radical (unpaired) electrons. The first-order valence-electron chi connectivity index (χ1n) is 11.2. The minimum atomic E-state index is 0.720. The highest BCUT2D eigenvalue weighted by Crippen LogP contribution is 2.37. The molecule has 0 unspecified atom stereocenters. The van der Waals surface area contributed by atoms with Crippen LogP contribution in [0.1, 0.15) is 44.4 Å². The van der Waals surface area contributed by atoms with Crippen molar-refractivity contribution in [1.82, 2.24) is 0 Å². The minimum absolute atomic E-state index is 0.720. The van der Waals surface area contributed by atoms with Crippen molar-refractivity contribution in [2.24, 2.45) is 0 Å². The summed E-state index contributed by atoms with van der Waals surface area (Å²) in [6.07, 6.45) is 2.81. The van der Waals surface area contributed by atoms with Gasteiger partial charge in [-0.25, -0.2) is 0 Å². The van der Waals surface area contributed by atoms with Gasteiger partial charge in [0.2, 0.25) is 0 Å². The van der Waals surface area contributed by atoms with Gasteiger partial charge >= 0.3 is 0 Å². The topological polar surface area (TPSA) is 27.7 Å². The van der Waals surface area contributed by atoms with E-state index in [1.54, 1.807) is 20.3 Å². The van der Waals surface area contributed by atoms with E-state index in [4.69, 9.17) is 14.2 Å². The monoisotopic (exact) mass is 434 g/mol. The van der Waals surface area contributed by atoms with Gasteiger partial charge in [-0.15, -0.1) is 0 Å². The molecule has 3 nitrogen and oxygen atoms in total. The van der Waals surface area contributed by atoms with E-state index < -0.39 is 0 Å². The Labute approximate surface area is 194 Å². The van der Waals surface area contributed by atoms with E-state index >= 15 is 0 Å². The van der Waals surface area contributed by atoms with Crippen LogP contribution in [-0.4, -0.2) is 20.8 Å². The summed E-state index contributed by atoms with van der Waals surface area (Å²) >= 11 is 0. The van der Waals surface area contributed by atoms with Crippen LogP contribution in [0.3, 0.4) is 0 Å². The maximum absolute atomic E-state index is 5.42. The van der Waals surface area contributed by atoms with Crippen LogP contribution in [0.2, 0.25) is 0 Å². The van der Waals surface area contributed by atoms with E-state index in [9.17, 15) is 0 Å². The van der Waals surface area contributed by atoms with E-state index in [1.807, 2.05) is 51.1 Å². The second kappa shape index (κ2) is 14.7. The summed E-state index contributed by atoms with van der Waals surface area (Å²) in [5, 5.41) is 0. The molecular formula is C29H38O3. The molecule has 0 bridgehead atoms. The quantitative estimate of drug-likeness (QED) is 0.377. The van der Waals surface area contributed by atoms with Gasteiger partial charge in [-0.1, -0.05) is 75.4 Å². The Morgan fingerprint density at radius 2 is 1.53 bits per heavy atom. The predicted octanol–water partition coefficient (Wildman–Crippen LogP) is 8.00. The number of aryl methyl sites for hydroxylation is 2. The molecule has 172 valence electrons. The van der Waals surface area contributed by atoms with Crippen molar-refractivity contribution in [3.05, 3.63) is 83.9 Å². The number of ether oxygens (including phenoxy) is 3. The molecule has 0 aliphatic carbocycles. The molecule has 3 heteroatoms. The van der Waals surface area contributed by atoms with Crippen LogP contribution in [-0.2, 0) is 6.42 Å². The first-order valence-corrected chi connectivity index (χ1v) is 11.2. The maximum Gasteiger partial charge on any atom is 0.167 e. The van der Waals surface area contributed by atoms with E-state index in [-0.39, 0.29) is 0 Å². The Morgan fingerprint density at radius 1 is 0.844 bits per heavy atom. The summed E-state index contributed by atoms with van der Waals surface area (Å²) in [5.41, 5.74) is 5.80. The fraction of sp³-hybridized carbons (Fsp3) is 0.310. The Balaban J connectivity index is 0.000000358. The van der Waals surface area contributed by atoms with Gasteiger partial charge in [0.15, 0.2) is 11.5 Å². The standard InChI is InChI=1S/C18H20O2.C9H12O.C2H6/c1-5-13-8-7-9-15(10-13)16-11-14(6-2)18(20-4)17(12-16)19-3;1-3-10-9-6-4-8(2)5-7-9;1-2/h6-12H,2,5H2,1,3-4H3;4-7H,3H2,1-2H3;1-2H3. The molecule has 0 amide bonds. The molecular weight excluding hydrogens is 396 g/mol. The third-order valence-electron chi connectivity index (χ3n) is 4.73. The van der Waals surface area contributed by atoms with Gasteiger partial charge in [-0.2, -0.15) is 0 Å². The molecule has 0 aromatic heterocycles. The van der Waals surface area contributed by atoms with Crippen molar-refractivity contribution < 1.29 is 14.2 Å². The molecule has 0 heterocycles. The highest BCUT2D eigenvalue weighted by atomic mass is 16.5. The highest BCUT2D eigenvalue weighted by Gasteiger charge is 2.11. The van der Waals surface area contributed by atoms with Crippen LogP contribution in [0.15, 0.2) is 67.2 Å². The third kappa shape index (κ3) is 7.81. The number of hydrogen-bond donors (Lipinski definition) is 0. The van der Waals surface area contributed by atoms with Crippen molar-refractivity contribution >= 4 is 6.08 Å². The molecule has 0 N–H and O–H groups in total. The average Bonchev–Trinajstić information content (AvgIpc) is 2.86. The van der Waals surface area contributed by atoms with Crippen LogP contribution in [0, 0.1) is 6.92 Å². The van der Waals surface area contributed by atoms with Crippen LogP contribution >= 0.6 is 0 Å². The first kappa shape index (κ1) is 26.8. The summed E-state index contributed by atoms with van der Waals surface area (Å²) in [7, 11) is 3.29. The van der Waals surface area contributed by atoms with E-state index in [0.29, 0.717) is 0 Å². The molecule has 0 fully saturated rings. The van der Waals surface area contributed by atoms with Gasteiger partial charge in [-0.05, 0) is 61.2 Å². The zero-order valence-electron chi connectivity index (χ0n) is 20.7. The Hall–Kier alpha value is -3.20. The lowest BCUT2D eigenvalue weighted by molar-refractivity contribution is 0.340. The normalized spacial score (nSPS) is 9.47. The number of hydrogen-bond acceptors (Lipinski definition) is 3. The van der Waals surface area contributed by atoms with Gasteiger partial charge in [0.25, 0.3) is 0 Å². The fourth-order valence-electron chi connectivity index (χ4n) is 3.08. The summed E-state index contributed by atoms with van der Waals surface area (Å²) in [5.74, 6) is 2.40. The molecule has 0 aliphatic rings. The molecule has 3 aromatic rings. The van der Waals surface area contributed by atoms with Gasteiger partial charge in [0.1, 0.15) is 5.75 Å². The lowest BCUT2D eigenvalue weighted by atomic mass is 9.99. The van der Waals surface area contributed by atoms with Gasteiger partial charge < -0.3 is 14.2 Å². The van der Waals surface area contributed by atoms with E-state index in [1.165, 1.54) is 16.7 Å².